The number of benzene rings is 2. The first-order valence-electron chi connectivity index (χ1n) is 9.37. The molecule has 2 aromatic rings. The normalized spacial score (nSPS) is 21.5. The molecule has 14 heteroatoms. The summed E-state index contributed by atoms with van der Waals surface area (Å²) in [5, 5.41) is 32.0. The zero-order chi connectivity index (χ0) is 23.9. The van der Waals surface area contributed by atoms with Crippen LogP contribution in [0.5, 0.6) is 0 Å². The molecule has 0 aromatic heterocycles. The van der Waals surface area contributed by atoms with E-state index in [9.17, 15) is 34.6 Å². The lowest BCUT2D eigenvalue weighted by Crippen LogP contribution is -2.73. The van der Waals surface area contributed by atoms with Gasteiger partial charge in [0, 0.05) is 24.3 Å². The van der Waals surface area contributed by atoms with E-state index in [0.717, 1.165) is 0 Å². The van der Waals surface area contributed by atoms with Crippen molar-refractivity contribution >= 4 is 46.6 Å². The Morgan fingerprint density at radius 1 is 0.727 bits per heavy atom. The smallest absolute Gasteiger partial charge is 0.328 e. The third kappa shape index (κ3) is 3.51. The van der Waals surface area contributed by atoms with Crippen LogP contribution in [-0.4, -0.2) is 32.8 Å². The monoisotopic (exact) mass is 470 g/mol. The lowest BCUT2D eigenvalue weighted by atomic mass is 9.65. The Balaban J connectivity index is 1.89. The minimum Gasteiger partial charge on any atom is -0.354 e. The fourth-order valence-electron chi connectivity index (χ4n) is 4.04. The van der Waals surface area contributed by atoms with Gasteiger partial charge in [-0.25, -0.2) is 4.79 Å². The molecule has 13 nitrogen and oxygen atoms in total. The van der Waals surface area contributed by atoms with Crippen LogP contribution in [0.15, 0.2) is 48.5 Å². The SMILES string of the molecule is O=C1NC(=O)C2(C(=O)N1)C(c1ccc([N+](=O)[O-])cc1)NC(=S)NC2c1ccc([N+](=O)[O-])cc1. The number of thiocarbonyl (C=S) groups is 1. The van der Waals surface area contributed by atoms with Crippen molar-refractivity contribution in [2.75, 3.05) is 0 Å². The minimum atomic E-state index is -2.03. The van der Waals surface area contributed by atoms with Crippen LogP contribution in [0.2, 0.25) is 0 Å². The molecule has 2 aromatic carbocycles. The van der Waals surface area contributed by atoms with Crippen molar-refractivity contribution in [2.24, 2.45) is 5.41 Å². The van der Waals surface area contributed by atoms with Gasteiger partial charge >= 0.3 is 6.03 Å². The third-order valence-corrected chi connectivity index (χ3v) is 5.78. The maximum absolute atomic E-state index is 13.3. The van der Waals surface area contributed by atoms with Crippen LogP contribution >= 0.6 is 12.2 Å². The van der Waals surface area contributed by atoms with Gasteiger partial charge in [0.25, 0.3) is 11.4 Å². The van der Waals surface area contributed by atoms with Crippen LogP contribution < -0.4 is 21.3 Å². The maximum Gasteiger partial charge on any atom is 0.328 e. The fourth-order valence-corrected chi connectivity index (χ4v) is 4.28. The summed E-state index contributed by atoms with van der Waals surface area (Å²) >= 11 is 5.28. The molecule has 0 aliphatic carbocycles. The first-order chi connectivity index (χ1) is 15.6. The van der Waals surface area contributed by atoms with Crippen molar-refractivity contribution in [1.29, 1.82) is 0 Å². The van der Waals surface area contributed by atoms with Gasteiger partial charge in [-0.2, -0.15) is 0 Å². The minimum absolute atomic E-state index is 0.0600. The van der Waals surface area contributed by atoms with Gasteiger partial charge in [-0.3, -0.25) is 40.5 Å². The number of non-ortho nitro benzene ring substituents is 2. The lowest BCUT2D eigenvalue weighted by Gasteiger charge is -2.49. The van der Waals surface area contributed by atoms with Crippen molar-refractivity contribution in [3.05, 3.63) is 79.9 Å². The number of urea groups is 1. The van der Waals surface area contributed by atoms with Crippen molar-refractivity contribution in [3.8, 4) is 0 Å². The highest BCUT2D eigenvalue weighted by Crippen LogP contribution is 2.48. The van der Waals surface area contributed by atoms with E-state index < -0.39 is 45.2 Å². The van der Waals surface area contributed by atoms with E-state index in [4.69, 9.17) is 12.2 Å². The topological polar surface area (TPSA) is 186 Å². The molecule has 2 unspecified atom stereocenters. The second-order valence-electron chi connectivity index (χ2n) is 7.29. The Labute approximate surface area is 189 Å². The Hall–Kier alpha value is -4.46. The molecular weight excluding hydrogens is 456 g/mol. The van der Waals surface area contributed by atoms with Gasteiger partial charge in [0.15, 0.2) is 10.5 Å². The van der Waals surface area contributed by atoms with E-state index in [1.54, 1.807) is 0 Å². The molecule has 2 heterocycles. The first-order valence-corrected chi connectivity index (χ1v) is 9.78. The zero-order valence-corrected chi connectivity index (χ0v) is 17.3. The van der Waals surface area contributed by atoms with Gasteiger partial charge in [-0.1, -0.05) is 24.3 Å². The average molecular weight is 470 g/mol. The van der Waals surface area contributed by atoms with E-state index >= 15 is 0 Å². The predicted molar refractivity (Wildman–Crippen MR) is 115 cm³/mol. The molecule has 4 N–H and O–H groups in total. The van der Waals surface area contributed by atoms with Gasteiger partial charge in [0.1, 0.15) is 0 Å². The van der Waals surface area contributed by atoms with E-state index in [1.165, 1.54) is 48.5 Å². The highest BCUT2D eigenvalue weighted by atomic mass is 32.1. The number of barbiturate groups is 1. The summed E-state index contributed by atoms with van der Waals surface area (Å²) in [5.74, 6) is -1.88. The number of nitrogens with one attached hydrogen (secondary N) is 4. The summed E-state index contributed by atoms with van der Waals surface area (Å²) in [6.45, 7) is 0. The summed E-state index contributed by atoms with van der Waals surface area (Å²) < 4.78 is 0. The summed E-state index contributed by atoms with van der Waals surface area (Å²) in [7, 11) is 0. The largest absolute Gasteiger partial charge is 0.354 e. The molecule has 2 fully saturated rings. The van der Waals surface area contributed by atoms with Crippen LogP contribution in [-0.2, 0) is 9.59 Å². The predicted octanol–water partition coefficient (Wildman–Crippen LogP) is 1.12. The van der Waals surface area contributed by atoms with E-state index in [0.29, 0.717) is 11.1 Å². The highest BCUT2D eigenvalue weighted by Gasteiger charge is 2.63. The van der Waals surface area contributed by atoms with Crippen molar-refractivity contribution in [3.63, 3.8) is 0 Å². The first kappa shape index (κ1) is 21.8. The molecule has 0 bridgehead atoms. The number of nitrogens with zero attached hydrogens (tertiary/aromatic N) is 2. The molecule has 168 valence electrons. The Bertz CT molecular complexity index is 1120. The summed E-state index contributed by atoms with van der Waals surface area (Å²) in [4.78, 5) is 59.3. The molecule has 4 rings (SSSR count). The van der Waals surface area contributed by atoms with Gasteiger partial charge in [0.2, 0.25) is 11.8 Å². The lowest BCUT2D eigenvalue weighted by molar-refractivity contribution is -0.385. The number of carbonyl (C=O) groups excluding carboxylic acids is 3. The number of nitro groups is 2. The molecule has 33 heavy (non-hydrogen) atoms. The van der Waals surface area contributed by atoms with Gasteiger partial charge in [-0.05, 0) is 23.3 Å². The van der Waals surface area contributed by atoms with E-state index in [-0.39, 0.29) is 16.5 Å². The summed E-state index contributed by atoms with van der Waals surface area (Å²) in [6.07, 6.45) is 0. The number of carbonyl (C=O) groups is 3. The van der Waals surface area contributed by atoms with Crippen molar-refractivity contribution in [1.82, 2.24) is 21.3 Å². The molecule has 0 saturated carbocycles. The summed E-state index contributed by atoms with van der Waals surface area (Å²) in [5.41, 5.74) is -1.80. The Kier molecular flexibility index (Phi) is 5.21. The average Bonchev–Trinajstić information content (AvgIpc) is 2.77. The van der Waals surface area contributed by atoms with Crippen LogP contribution in [0.25, 0.3) is 0 Å². The van der Waals surface area contributed by atoms with Crippen molar-refractivity contribution in [2.45, 2.75) is 12.1 Å². The second kappa shape index (κ2) is 7.90. The standard InChI is InChI=1S/C19H14N6O7S/c26-15-19(16(27)23-17(28)22-15)13(9-1-5-11(6-2-9)24(29)30)20-18(33)21-14(19)10-3-7-12(8-4-10)25(31)32/h1-8,13-14H,(H2,20,21,33)(H2,22,23,26,27,28). The van der Waals surface area contributed by atoms with Gasteiger partial charge in [-0.15, -0.1) is 0 Å². The quantitative estimate of drug-likeness (QED) is 0.218. The number of amides is 4. The Morgan fingerprint density at radius 2 is 1.09 bits per heavy atom. The van der Waals surface area contributed by atoms with Gasteiger partial charge < -0.3 is 10.6 Å². The molecule has 2 aliphatic heterocycles. The molecule has 2 saturated heterocycles. The fraction of sp³-hybridized carbons (Fsp3) is 0.158. The number of hydrogen-bond donors (Lipinski definition) is 4. The molecule has 0 radical (unpaired) electrons. The molecular formula is C19H14N6O7S. The molecule has 2 aliphatic rings. The molecule has 2 atom stereocenters. The number of nitro benzene ring substituents is 2. The Morgan fingerprint density at radius 3 is 1.42 bits per heavy atom. The van der Waals surface area contributed by atoms with Crippen LogP contribution in [0.4, 0.5) is 16.2 Å². The maximum atomic E-state index is 13.3. The van der Waals surface area contributed by atoms with Crippen LogP contribution in [0, 0.1) is 25.6 Å². The third-order valence-electron chi connectivity index (χ3n) is 5.54. The second-order valence-corrected chi connectivity index (χ2v) is 7.70. The molecule has 4 amide bonds. The number of rotatable bonds is 4. The van der Waals surface area contributed by atoms with Crippen LogP contribution in [0.3, 0.4) is 0 Å². The van der Waals surface area contributed by atoms with Crippen molar-refractivity contribution < 1.29 is 24.2 Å². The van der Waals surface area contributed by atoms with Crippen LogP contribution in [0.1, 0.15) is 23.2 Å². The van der Waals surface area contributed by atoms with E-state index in [2.05, 4.69) is 21.3 Å². The number of imide groups is 2. The summed E-state index contributed by atoms with van der Waals surface area (Å²) in [6, 6.07) is 7.03. The van der Waals surface area contributed by atoms with E-state index in [1.807, 2.05) is 0 Å². The molecule has 1 spiro atoms. The zero-order valence-electron chi connectivity index (χ0n) is 16.4. The van der Waals surface area contributed by atoms with Gasteiger partial charge in [0.05, 0.1) is 21.9 Å². The highest BCUT2D eigenvalue weighted by molar-refractivity contribution is 7.80. The number of hydrogen-bond acceptors (Lipinski definition) is 8.